The number of benzene rings is 3. The van der Waals surface area contributed by atoms with Crippen LogP contribution in [0.3, 0.4) is 0 Å². The smallest absolute Gasteiger partial charge is 0.229 e. The molecule has 0 aromatic heterocycles. The Morgan fingerprint density at radius 1 is 1.03 bits per heavy atom. The average Bonchev–Trinajstić information content (AvgIpc) is 2.75. The maximum absolute atomic E-state index is 12.0. The first-order valence-corrected chi connectivity index (χ1v) is 12.9. The predicted octanol–water partition coefficient (Wildman–Crippen LogP) is 5.37. The molecule has 1 unspecified atom stereocenters. The Morgan fingerprint density at radius 3 is 2.53 bits per heavy atom. The molecule has 0 saturated carbocycles. The summed E-state index contributed by atoms with van der Waals surface area (Å²) in [6.45, 7) is 1.17. The van der Waals surface area contributed by atoms with Gasteiger partial charge in [0.15, 0.2) is 0 Å². The molecule has 1 heterocycles. The summed E-state index contributed by atoms with van der Waals surface area (Å²) in [5.74, 6) is 0.521. The topological polar surface area (TPSA) is 67.4 Å². The Balaban J connectivity index is 1.65. The normalized spacial score (nSPS) is 15.8. The molecule has 0 bridgehead atoms. The number of halogens is 2. The minimum Gasteiger partial charge on any atom is -0.487 e. The fraction of sp³-hybridized carbons (Fsp3) is 0.250. The molecule has 32 heavy (non-hydrogen) atoms. The lowest BCUT2D eigenvalue weighted by atomic mass is 9.89. The van der Waals surface area contributed by atoms with Crippen molar-refractivity contribution in [2.45, 2.75) is 25.5 Å². The molecule has 0 radical (unpaired) electrons. The zero-order valence-electron chi connectivity index (χ0n) is 17.6. The molecule has 168 valence electrons. The molecule has 3 aromatic rings. The van der Waals surface area contributed by atoms with Gasteiger partial charge in [0.05, 0.1) is 22.0 Å². The number of sulfonamides is 1. The van der Waals surface area contributed by atoms with Gasteiger partial charge < -0.3 is 10.1 Å². The molecule has 0 fully saturated rings. The van der Waals surface area contributed by atoms with Gasteiger partial charge in [0.2, 0.25) is 10.0 Å². The monoisotopic (exact) mass is 490 g/mol. The lowest BCUT2D eigenvalue weighted by molar-refractivity contribution is 0.307. The van der Waals surface area contributed by atoms with Gasteiger partial charge in [-0.05, 0) is 65.9 Å². The van der Waals surface area contributed by atoms with Crippen molar-refractivity contribution in [3.05, 3.63) is 93.0 Å². The average molecular weight is 491 g/mol. The standard InChI is InChI=1S/C24H24Cl2N2O3S/c1-32(29,30)28-23-14-19-18(13-24(23)31-15-16-5-3-2-4-6-16)9-10-27-22(19)12-17-7-8-20(25)21(26)11-17/h2-8,11,13-14,22,27-28H,9-10,12,15H2,1H3. The molecular formula is C24H24Cl2N2O3S. The van der Waals surface area contributed by atoms with Crippen LogP contribution in [-0.4, -0.2) is 21.2 Å². The van der Waals surface area contributed by atoms with Gasteiger partial charge >= 0.3 is 0 Å². The molecule has 8 heteroatoms. The van der Waals surface area contributed by atoms with E-state index in [9.17, 15) is 8.42 Å². The highest BCUT2D eigenvalue weighted by atomic mass is 35.5. The van der Waals surface area contributed by atoms with Crippen molar-refractivity contribution in [3.63, 3.8) is 0 Å². The molecule has 1 atom stereocenters. The summed E-state index contributed by atoms with van der Waals surface area (Å²) >= 11 is 12.2. The Kier molecular flexibility index (Phi) is 6.96. The Labute approximate surface area is 198 Å². The van der Waals surface area contributed by atoms with Crippen LogP contribution in [0.15, 0.2) is 60.7 Å². The number of hydrogen-bond acceptors (Lipinski definition) is 4. The van der Waals surface area contributed by atoms with Gasteiger partial charge in [-0.2, -0.15) is 0 Å². The van der Waals surface area contributed by atoms with Crippen molar-refractivity contribution in [2.24, 2.45) is 0 Å². The van der Waals surface area contributed by atoms with Crippen molar-refractivity contribution >= 4 is 38.9 Å². The van der Waals surface area contributed by atoms with Crippen LogP contribution in [0.4, 0.5) is 5.69 Å². The quantitative estimate of drug-likeness (QED) is 0.466. The maximum atomic E-state index is 12.0. The fourth-order valence-electron chi connectivity index (χ4n) is 3.89. The SMILES string of the molecule is CS(=O)(=O)Nc1cc2c(cc1OCc1ccccc1)CCNC2Cc1ccc(Cl)c(Cl)c1. The summed E-state index contributed by atoms with van der Waals surface area (Å²) in [7, 11) is -3.48. The minimum absolute atomic E-state index is 0.0132. The largest absolute Gasteiger partial charge is 0.487 e. The van der Waals surface area contributed by atoms with Gasteiger partial charge in [0.25, 0.3) is 0 Å². The first kappa shape index (κ1) is 22.9. The van der Waals surface area contributed by atoms with E-state index in [2.05, 4.69) is 10.0 Å². The highest BCUT2D eigenvalue weighted by molar-refractivity contribution is 7.92. The summed E-state index contributed by atoms with van der Waals surface area (Å²) in [5.41, 5.74) is 4.67. The highest BCUT2D eigenvalue weighted by Crippen LogP contribution is 2.36. The number of hydrogen-bond donors (Lipinski definition) is 2. The van der Waals surface area contributed by atoms with E-state index in [1.807, 2.05) is 54.6 Å². The summed E-state index contributed by atoms with van der Waals surface area (Å²) in [4.78, 5) is 0. The molecule has 4 rings (SSSR count). The number of ether oxygens (including phenoxy) is 1. The second kappa shape index (κ2) is 9.71. The lowest BCUT2D eigenvalue weighted by Gasteiger charge is -2.29. The van der Waals surface area contributed by atoms with Crippen LogP contribution in [0, 0.1) is 0 Å². The van der Waals surface area contributed by atoms with Crippen molar-refractivity contribution < 1.29 is 13.2 Å². The molecule has 0 saturated heterocycles. The Hall–Kier alpha value is -2.25. The van der Waals surface area contributed by atoms with Gasteiger partial charge in [-0.15, -0.1) is 0 Å². The number of anilines is 1. The molecule has 3 aromatic carbocycles. The minimum atomic E-state index is -3.48. The Morgan fingerprint density at radius 2 is 1.81 bits per heavy atom. The molecule has 0 amide bonds. The van der Waals surface area contributed by atoms with Gasteiger partial charge in [-0.3, -0.25) is 4.72 Å². The number of nitrogens with one attached hydrogen (secondary N) is 2. The number of fused-ring (bicyclic) bond motifs is 1. The van der Waals surface area contributed by atoms with E-state index in [-0.39, 0.29) is 6.04 Å². The molecule has 2 N–H and O–H groups in total. The van der Waals surface area contributed by atoms with Gasteiger partial charge in [-0.1, -0.05) is 59.6 Å². The van der Waals surface area contributed by atoms with Crippen LogP contribution < -0.4 is 14.8 Å². The van der Waals surface area contributed by atoms with E-state index in [0.29, 0.717) is 34.5 Å². The second-order valence-corrected chi connectivity index (χ2v) is 10.5. The van der Waals surface area contributed by atoms with Crippen molar-refractivity contribution in [1.82, 2.24) is 5.32 Å². The van der Waals surface area contributed by atoms with Crippen molar-refractivity contribution in [1.29, 1.82) is 0 Å². The first-order valence-electron chi connectivity index (χ1n) is 10.3. The van der Waals surface area contributed by atoms with E-state index in [1.54, 1.807) is 6.07 Å². The Bertz CT molecular complexity index is 1220. The van der Waals surface area contributed by atoms with Gasteiger partial charge in [-0.25, -0.2) is 8.42 Å². The van der Waals surface area contributed by atoms with E-state index < -0.39 is 10.0 Å². The molecular weight excluding hydrogens is 467 g/mol. The van der Waals surface area contributed by atoms with Crippen LogP contribution in [0.2, 0.25) is 10.0 Å². The van der Waals surface area contributed by atoms with Crippen molar-refractivity contribution in [3.8, 4) is 5.75 Å². The lowest BCUT2D eigenvalue weighted by Crippen LogP contribution is -2.31. The van der Waals surface area contributed by atoms with Crippen LogP contribution in [-0.2, 0) is 29.5 Å². The third kappa shape index (κ3) is 5.75. The zero-order chi connectivity index (χ0) is 22.7. The molecule has 1 aliphatic heterocycles. The number of rotatable bonds is 7. The van der Waals surface area contributed by atoms with E-state index in [0.717, 1.165) is 41.5 Å². The second-order valence-electron chi connectivity index (χ2n) is 7.90. The van der Waals surface area contributed by atoms with E-state index in [4.69, 9.17) is 27.9 Å². The summed E-state index contributed by atoms with van der Waals surface area (Å²) in [6.07, 6.45) is 2.67. The summed E-state index contributed by atoms with van der Waals surface area (Å²) < 4.78 is 32.7. The third-order valence-electron chi connectivity index (χ3n) is 5.36. The van der Waals surface area contributed by atoms with Gasteiger partial charge in [0, 0.05) is 6.04 Å². The molecule has 0 aliphatic carbocycles. The van der Waals surface area contributed by atoms with Gasteiger partial charge in [0.1, 0.15) is 12.4 Å². The first-order chi connectivity index (χ1) is 15.3. The zero-order valence-corrected chi connectivity index (χ0v) is 19.9. The maximum Gasteiger partial charge on any atom is 0.229 e. The van der Waals surface area contributed by atoms with Crippen LogP contribution >= 0.6 is 23.2 Å². The van der Waals surface area contributed by atoms with Crippen LogP contribution in [0.1, 0.15) is 28.3 Å². The molecule has 5 nitrogen and oxygen atoms in total. The van der Waals surface area contributed by atoms with Crippen LogP contribution in [0.5, 0.6) is 5.75 Å². The summed E-state index contributed by atoms with van der Waals surface area (Å²) in [5, 5.41) is 4.57. The van der Waals surface area contributed by atoms with E-state index >= 15 is 0 Å². The molecule has 1 aliphatic rings. The molecule has 0 spiro atoms. The van der Waals surface area contributed by atoms with E-state index in [1.165, 1.54) is 0 Å². The summed E-state index contributed by atoms with van der Waals surface area (Å²) in [6, 6.07) is 19.2. The third-order valence-corrected chi connectivity index (χ3v) is 6.69. The van der Waals surface area contributed by atoms with Crippen LogP contribution in [0.25, 0.3) is 0 Å². The predicted molar refractivity (Wildman–Crippen MR) is 130 cm³/mol. The fourth-order valence-corrected chi connectivity index (χ4v) is 4.77. The van der Waals surface area contributed by atoms with Crippen molar-refractivity contribution in [2.75, 3.05) is 17.5 Å². The highest BCUT2D eigenvalue weighted by Gasteiger charge is 2.24.